The Labute approximate surface area is 599 Å². The number of ether oxygens (including phenoxy) is 8. The fraction of sp³-hybridized carbons (Fsp3) is 0.301. The van der Waals surface area contributed by atoms with Gasteiger partial charge in [-0.25, -0.2) is 15.0 Å². The highest BCUT2D eigenvalue weighted by Gasteiger charge is 2.23. The minimum absolute atomic E-state index is 0.166. The fourth-order valence-electron chi connectivity index (χ4n) is 10.5. The standard InChI is InChI=1S/C18H19N3O3S.C17H19N3O3S.C17H18N3O3S.C17H19N3O2S.C2H6O.C2H4/c1-11-9-19-15(12(2)17(11)24-4)10-25(23)18-20-14-7-5-6-8-16(14)21(18)13(3)22;2*1-10-8-18-15(11(2)16(10)23-4)9-24(21)17-19-13-6-5-12(22-3)7-14(13)20-17;1-10-8-18-15(11(2)16(10)22-4)9-23-17-19-13-6-5-12(21-3)7-14(13)20-17;1-3-2;1-2/h5-9H,10H2,1-4H3;5-8H,9H2,1-4H3,(H,19,20);5-8H,9H2,1-4H3;5-8H,9H2,1-4H3,(H,19,20);1-2H3;1-2H2/q;;-1;;;/t25-;2*24-;;;/m000.../s1. The normalized spacial score (nSPS) is 11.6. The first kappa shape index (κ1) is 78.5. The van der Waals surface area contributed by atoms with Crippen LogP contribution in [0.3, 0.4) is 0 Å². The number of hydrogen-bond donors (Lipinski definition) is 2. The minimum atomic E-state index is -1.51. The average molecular weight is 1450 g/mol. The van der Waals surface area contributed by atoms with Crippen LogP contribution in [0.1, 0.15) is 79.0 Å². The number of imidazole rings is 4. The third kappa shape index (κ3) is 19.2. The number of thioether (sulfide) groups is 1. The lowest BCUT2D eigenvalue weighted by atomic mass is 10.1. The van der Waals surface area contributed by atoms with Gasteiger partial charge in [-0.2, -0.15) is 0 Å². The van der Waals surface area contributed by atoms with Crippen molar-refractivity contribution >= 4 is 94.2 Å². The Morgan fingerprint density at radius 1 is 0.485 bits per heavy atom. The second-order valence-corrected chi connectivity index (χ2v) is 27.3. The second-order valence-electron chi connectivity index (χ2n) is 22.3. The van der Waals surface area contributed by atoms with Crippen molar-refractivity contribution in [1.29, 1.82) is 0 Å². The number of hydrogen-bond acceptors (Lipinski definition) is 21. The molecule has 8 aromatic heterocycles. The molecule has 0 saturated heterocycles. The predicted molar refractivity (Wildman–Crippen MR) is 398 cm³/mol. The maximum Gasteiger partial charge on any atom is 0.230 e. The molecule has 0 spiro atoms. The van der Waals surface area contributed by atoms with Crippen molar-refractivity contribution < 1.29 is 55.3 Å². The van der Waals surface area contributed by atoms with Gasteiger partial charge < -0.3 is 57.8 Å². The summed E-state index contributed by atoms with van der Waals surface area (Å²) in [7, 11) is 10.4. The van der Waals surface area contributed by atoms with Crippen molar-refractivity contribution in [1.82, 2.24) is 59.4 Å². The molecule has 0 aliphatic rings. The van der Waals surface area contributed by atoms with Gasteiger partial charge in [0.25, 0.3) is 0 Å². The van der Waals surface area contributed by atoms with Gasteiger partial charge in [0.15, 0.2) is 10.3 Å². The Morgan fingerprint density at radius 3 is 1.40 bits per heavy atom. The lowest BCUT2D eigenvalue weighted by molar-refractivity contribution is 0.0930. The molecule has 0 bridgehead atoms. The Morgan fingerprint density at radius 2 is 0.911 bits per heavy atom. The van der Waals surface area contributed by atoms with E-state index in [0.29, 0.717) is 43.8 Å². The zero-order valence-electron chi connectivity index (χ0n) is 60.1. The van der Waals surface area contributed by atoms with E-state index in [0.717, 1.165) is 129 Å². The molecule has 24 nitrogen and oxygen atoms in total. The van der Waals surface area contributed by atoms with Gasteiger partial charge in [0.1, 0.15) is 40.2 Å². The van der Waals surface area contributed by atoms with E-state index in [2.05, 4.69) is 72.7 Å². The number of H-pyrrole nitrogens is 2. The Kier molecular flexibility index (Phi) is 28.7. The lowest BCUT2D eigenvalue weighted by Crippen LogP contribution is -2.13. The quantitative estimate of drug-likeness (QED) is 0.0561. The number of carbonyl (C=O) groups excluding carboxylic acids is 1. The molecule has 0 aliphatic carbocycles. The number of benzene rings is 4. The van der Waals surface area contributed by atoms with E-state index in [-0.39, 0.29) is 28.3 Å². The lowest BCUT2D eigenvalue weighted by Gasteiger charge is -2.12. The van der Waals surface area contributed by atoms with Gasteiger partial charge >= 0.3 is 0 Å². The van der Waals surface area contributed by atoms with Crippen LogP contribution in [-0.4, -0.2) is 137 Å². The van der Waals surface area contributed by atoms with Crippen molar-refractivity contribution in [3.63, 3.8) is 0 Å². The molecule has 0 fully saturated rings. The summed E-state index contributed by atoms with van der Waals surface area (Å²) in [6.07, 6.45) is 7.02. The molecule has 3 atom stereocenters. The molecule has 0 radical (unpaired) electrons. The molecule has 101 heavy (non-hydrogen) atoms. The third-order valence-corrected chi connectivity index (χ3v) is 20.0. The van der Waals surface area contributed by atoms with Crippen LogP contribution in [0.5, 0.6) is 40.2 Å². The molecule has 2 N–H and O–H groups in total. The fourth-order valence-corrected chi connectivity index (χ4v) is 14.9. The van der Waals surface area contributed by atoms with Crippen LogP contribution in [0.25, 0.3) is 44.1 Å². The summed E-state index contributed by atoms with van der Waals surface area (Å²) < 4.78 is 81.2. The third-order valence-electron chi connectivity index (χ3n) is 15.6. The van der Waals surface area contributed by atoms with Gasteiger partial charge in [-0.3, -0.25) is 41.9 Å². The van der Waals surface area contributed by atoms with Crippen LogP contribution < -0.4 is 38.1 Å². The largest absolute Gasteiger partial charge is 0.497 e. The maximum atomic E-state index is 12.9. The Hall–Kier alpha value is -9.87. The molecule has 4 aromatic carbocycles. The number of rotatable bonds is 19. The first-order valence-electron chi connectivity index (χ1n) is 31.2. The average Bonchev–Trinajstić information content (AvgIpc) is 1.64. The number of para-hydroxylation sites is 2. The zero-order chi connectivity index (χ0) is 73.8. The van der Waals surface area contributed by atoms with E-state index in [1.54, 1.807) is 125 Å². The minimum Gasteiger partial charge on any atom is -0.497 e. The SMILES string of the molecule is C=C.COC.COc1c(C)cnc(C[S@](=O)c2nc3ccccc3n2C(C)=O)c1C.COc1ccc2[n-]c([S@@](=O)Cc3ncc(C)c(OC)c3C)nc2c1.COc1ccc2nc(SCc3ncc(C)c(OC)c3C)[nH]c2c1.COc1ccc2nc([S@@](=O)Cc3ncc(C)c(OC)c3C)[nH]c2c1. The van der Waals surface area contributed by atoms with Crippen molar-refractivity contribution in [3.8, 4) is 40.2 Å². The van der Waals surface area contributed by atoms with Gasteiger partial charge in [0.2, 0.25) is 11.1 Å². The topological polar surface area (TPSA) is 296 Å². The highest BCUT2D eigenvalue weighted by molar-refractivity contribution is 7.98. The molecular formula is C73H85N12O12S4-. The summed E-state index contributed by atoms with van der Waals surface area (Å²) in [6.45, 7) is 23.0. The van der Waals surface area contributed by atoms with E-state index >= 15 is 0 Å². The first-order valence-corrected chi connectivity index (χ1v) is 36.2. The van der Waals surface area contributed by atoms with Crippen LogP contribution in [0.15, 0.2) is 137 Å². The summed E-state index contributed by atoms with van der Waals surface area (Å²) in [6, 6.07) is 24.0. The predicted octanol–water partition coefficient (Wildman–Crippen LogP) is 13.4. The monoisotopic (exact) mass is 1450 g/mol. The molecule has 12 rings (SSSR count). The van der Waals surface area contributed by atoms with Crippen molar-refractivity contribution in [2.45, 2.75) is 106 Å². The van der Waals surface area contributed by atoms with Crippen LogP contribution in [-0.2, 0) is 60.1 Å². The molecule has 0 unspecified atom stereocenters. The van der Waals surface area contributed by atoms with Gasteiger partial charge in [0, 0.05) is 113 Å². The summed E-state index contributed by atoms with van der Waals surface area (Å²) in [4.78, 5) is 58.3. The number of fused-ring (bicyclic) bond motifs is 4. The van der Waals surface area contributed by atoms with E-state index in [9.17, 15) is 17.4 Å². The Bertz CT molecular complexity index is 4780. The molecule has 28 heteroatoms. The first-order chi connectivity index (χ1) is 48.5. The smallest absolute Gasteiger partial charge is 0.230 e. The Balaban J connectivity index is 0.000000185. The maximum absolute atomic E-state index is 12.9. The number of aryl methyl sites for hydroxylation is 4. The van der Waals surface area contributed by atoms with Gasteiger partial charge in [-0.05, 0) is 115 Å². The molecule has 8 heterocycles. The molecule has 534 valence electrons. The van der Waals surface area contributed by atoms with Gasteiger partial charge in [0.05, 0.1) is 155 Å². The van der Waals surface area contributed by atoms with E-state index in [4.69, 9.17) is 33.2 Å². The second kappa shape index (κ2) is 37.0. The van der Waals surface area contributed by atoms with Crippen LogP contribution in [0.2, 0.25) is 0 Å². The molecule has 0 saturated carbocycles. The summed E-state index contributed by atoms with van der Waals surface area (Å²) in [5, 5.41) is 1.85. The summed E-state index contributed by atoms with van der Waals surface area (Å²) >= 11 is 1.63. The van der Waals surface area contributed by atoms with Crippen LogP contribution in [0.4, 0.5) is 0 Å². The van der Waals surface area contributed by atoms with E-state index in [1.807, 2.05) is 110 Å². The zero-order valence-corrected chi connectivity index (χ0v) is 63.3. The van der Waals surface area contributed by atoms with Crippen molar-refractivity contribution in [2.75, 3.05) is 64.0 Å². The molecule has 0 aliphatic heterocycles. The van der Waals surface area contributed by atoms with E-state index < -0.39 is 32.4 Å². The number of nitrogens with one attached hydrogen (secondary N) is 2. The number of aromatic nitrogens is 12. The highest BCUT2D eigenvalue weighted by Crippen LogP contribution is 2.33. The summed E-state index contributed by atoms with van der Waals surface area (Å²) in [5.41, 5.74) is 16.9. The van der Waals surface area contributed by atoms with E-state index in [1.165, 1.54) is 11.5 Å². The van der Waals surface area contributed by atoms with Crippen LogP contribution >= 0.6 is 11.8 Å². The van der Waals surface area contributed by atoms with Crippen molar-refractivity contribution in [3.05, 3.63) is 184 Å². The highest BCUT2D eigenvalue weighted by atomic mass is 32.2. The number of nitrogens with zero attached hydrogens (tertiary/aromatic N) is 10. The number of pyridine rings is 4. The summed E-state index contributed by atoms with van der Waals surface area (Å²) in [5.74, 6) is 6.65. The van der Waals surface area contributed by atoms with Gasteiger partial charge in [-0.1, -0.05) is 30.0 Å². The molecule has 12 aromatic rings. The van der Waals surface area contributed by atoms with Crippen LogP contribution in [0, 0.1) is 55.4 Å². The number of carbonyl (C=O) groups is 1. The number of methoxy groups -OCH3 is 8. The van der Waals surface area contributed by atoms with Crippen molar-refractivity contribution in [2.24, 2.45) is 0 Å². The van der Waals surface area contributed by atoms with Gasteiger partial charge in [-0.15, -0.1) is 13.2 Å². The molecular weight excluding hydrogens is 1370 g/mol. The molecule has 0 amide bonds. The number of aromatic amines is 2.